The molecule has 4 nitrogen and oxygen atoms in total. The molecule has 0 saturated heterocycles. The third-order valence-corrected chi connectivity index (χ3v) is 2.15. The Morgan fingerprint density at radius 3 is 2.82 bits per heavy atom. The molecule has 0 spiro atoms. The van der Waals surface area contributed by atoms with E-state index in [1.54, 1.807) is 0 Å². The molecule has 0 bridgehead atoms. The van der Waals surface area contributed by atoms with Gasteiger partial charge in [0.25, 0.3) is 0 Å². The van der Waals surface area contributed by atoms with E-state index in [4.69, 9.17) is 5.73 Å². The van der Waals surface area contributed by atoms with Gasteiger partial charge in [0.05, 0.1) is 5.69 Å². The van der Waals surface area contributed by atoms with Crippen molar-refractivity contribution < 1.29 is 0 Å². The molecule has 1 aliphatic carbocycles. The van der Waals surface area contributed by atoms with Crippen molar-refractivity contribution in [2.45, 2.75) is 26.3 Å². The van der Waals surface area contributed by atoms with Crippen LogP contribution in [-0.4, -0.2) is 15.0 Å². The van der Waals surface area contributed by atoms with Gasteiger partial charge in [-0.15, -0.1) is 5.10 Å². The normalized spacial score (nSPS) is 17.2. The maximum Gasteiger partial charge on any atom is 0.168 e. The summed E-state index contributed by atoms with van der Waals surface area (Å²) < 4.78 is 1.90. The first-order valence-corrected chi connectivity index (χ1v) is 3.93. The summed E-state index contributed by atoms with van der Waals surface area (Å²) in [6.45, 7) is 2.95. The highest BCUT2D eigenvalue weighted by atomic mass is 15.4. The van der Waals surface area contributed by atoms with Crippen LogP contribution in [0.3, 0.4) is 0 Å². The summed E-state index contributed by atoms with van der Waals surface area (Å²) in [5.74, 6) is 1.39. The molecule has 1 aliphatic rings. The predicted molar refractivity (Wildman–Crippen MR) is 41.9 cm³/mol. The molecule has 1 fully saturated rings. The molecule has 1 aromatic heterocycles. The van der Waals surface area contributed by atoms with Gasteiger partial charge in [-0.05, 0) is 25.7 Å². The molecule has 2 N–H and O–H groups in total. The topological polar surface area (TPSA) is 56.7 Å². The summed E-state index contributed by atoms with van der Waals surface area (Å²) in [4.78, 5) is 0. The van der Waals surface area contributed by atoms with E-state index >= 15 is 0 Å². The molecule has 60 valence electrons. The van der Waals surface area contributed by atoms with Crippen LogP contribution in [0.5, 0.6) is 0 Å². The molecule has 0 aliphatic heterocycles. The first kappa shape index (κ1) is 6.64. The lowest BCUT2D eigenvalue weighted by molar-refractivity contribution is 0.532. The average Bonchev–Trinajstić information content (AvgIpc) is 2.74. The Bertz CT molecular complexity index is 261. The summed E-state index contributed by atoms with van der Waals surface area (Å²) >= 11 is 0. The molecular weight excluding hydrogens is 140 g/mol. The average molecular weight is 152 g/mol. The lowest BCUT2D eigenvalue weighted by Crippen LogP contribution is -2.04. The first-order valence-electron chi connectivity index (χ1n) is 3.93. The summed E-state index contributed by atoms with van der Waals surface area (Å²) in [7, 11) is 0. The third kappa shape index (κ3) is 1.20. The molecule has 1 heterocycles. The lowest BCUT2D eigenvalue weighted by atomic mass is 10.4. The number of nitrogen functional groups attached to an aromatic ring is 1. The number of nitrogens with zero attached hydrogens (tertiary/aromatic N) is 3. The van der Waals surface area contributed by atoms with E-state index in [1.807, 2.05) is 11.6 Å². The maximum absolute atomic E-state index is 5.54. The Kier molecular flexibility index (Phi) is 1.34. The SMILES string of the molecule is Cc1c(N)nnn1CC1CC1. The number of rotatable bonds is 2. The molecule has 0 radical (unpaired) electrons. The Hall–Kier alpha value is -1.06. The number of aromatic nitrogens is 3. The van der Waals surface area contributed by atoms with Gasteiger partial charge in [-0.3, -0.25) is 0 Å². The van der Waals surface area contributed by atoms with E-state index in [0.29, 0.717) is 5.82 Å². The number of hydrogen-bond donors (Lipinski definition) is 1. The number of hydrogen-bond acceptors (Lipinski definition) is 3. The molecule has 2 rings (SSSR count). The van der Waals surface area contributed by atoms with Gasteiger partial charge in [-0.2, -0.15) is 0 Å². The van der Waals surface area contributed by atoms with E-state index in [1.165, 1.54) is 12.8 Å². The van der Waals surface area contributed by atoms with Gasteiger partial charge in [0.1, 0.15) is 0 Å². The molecule has 11 heavy (non-hydrogen) atoms. The van der Waals surface area contributed by atoms with Gasteiger partial charge >= 0.3 is 0 Å². The van der Waals surface area contributed by atoms with Crippen LogP contribution in [0.4, 0.5) is 5.82 Å². The van der Waals surface area contributed by atoms with Crippen molar-refractivity contribution >= 4 is 5.82 Å². The molecule has 1 aromatic rings. The molecule has 0 atom stereocenters. The van der Waals surface area contributed by atoms with Crippen molar-refractivity contribution in [3.63, 3.8) is 0 Å². The minimum atomic E-state index is 0.561. The van der Waals surface area contributed by atoms with Crippen molar-refractivity contribution in [1.29, 1.82) is 0 Å². The number of anilines is 1. The molecule has 0 aromatic carbocycles. The molecule has 0 amide bonds. The van der Waals surface area contributed by atoms with E-state index in [9.17, 15) is 0 Å². The second-order valence-corrected chi connectivity index (χ2v) is 3.19. The van der Waals surface area contributed by atoms with E-state index in [2.05, 4.69) is 10.3 Å². The fourth-order valence-corrected chi connectivity index (χ4v) is 1.09. The summed E-state index contributed by atoms with van der Waals surface area (Å²) in [6, 6.07) is 0. The van der Waals surface area contributed by atoms with Crippen LogP contribution < -0.4 is 5.73 Å². The summed E-state index contributed by atoms with van der Waals surface area (Å²) in [5.41, 5.74) is 6.54. The van der Waals surface area contributed by atoms with Crippen LogP contribution in [0, 0.1) is 12.8 Å². The van der Waals surface area contributed by atoms with E-state index < -0.39 is 0 Å². The zero-order valence-electron chi connectivity index (χ0n) is 6.62. The summed E-state index contributed by atoms with van der Waals surface area (Å²) in [6.07, 6.45) is 2.67. The van der Waals surface area contributed by atoms with Gasteiger partial charge in [-0.1, -0.05) is 5.21 Å². The number of nitrogens with two attached hydrogens (primary N) is 1. The fraction of sp³-hybridized carbons (Fsp3) is 0.714. The maximum atomic E-state index is 5.54. The third-order valence-electron chi connectivity index (χ3n) is 2.15. The van der Waals surface area contributed by atoms with Gasteiger partial charge in [-0.25, -0.2) is 4.68 Å². The lowest BCUT2D eigenvalue weighted by Gasteiger charge is -1.99. The van der Waals surface area contributed by atoms with Crippen molar-refractivity contribution in [2.24, 2.45) is 5.92 Å². The second kappa shape index (κ2) is 2.22. The van der Waals surface area contributed by atoms with Crippen LogP contribution in [0.25, 0.3) is 0 Å². The van der Waals surface area contributed by atoms with Crippen LogP contribution >= 0.6 is 0 Å². The smallest absolute Gasteiger partial charge is 0.168 e. The van der Waals surface area contributed by atoms with Crippen molar-refractivity contribution in [3.05, 3.63) is 5.69 Å². The minimum Gasteiger partial charge on any atom is -0.381 e. The zero-order valence-corrected chi connectivity index (χ0v) is 6.62. The zero-order chi connectivity index (χ0) is 7.84. The Morgan fingerprint density at radius 2 is 2.36 bits per heavy atom. The largest absolute Gasteiger partial charge is 0.381 e. The van der Waals surface area contributed by atoms with Crippen LogP contribution in [-0.2, 0) is 6.54 Å². The Morgan fingerprint density at radius 1 is 1.64 bits per heavy atom. The Balaban J connectivity index is 2.15. The fourth-order valence-electron chi connectivity index (χ4n) is 1.09. The monoisotopic (exact) mass is 152 g/mol. The highest BCUT2D eigenvalue weighted by Crippen LogP contribution is 2.30. The minimum absolute atomic E-state index is 0.561. The molecule has 1 saturated carbocycles. The van der Waals surface area contributed by atoms with Crippen molar-refractivity contribution in [1.82, 2.24) is 15.0 Å². The highest BCUT2D eigenvalue weighted by Gasteiger charge is 2.23. The summed E-state index contributed by atoms with van der Waals surface area (Å²) in [5, 5.41) is 7.72. The molecular formula is C7H12N4. The van der Waals surface area contributed by atoms with E-state index in [-0.39, 0.29) is 0 Å². The standard InChI is InChI=1S/C7H12N4/c1-5-7(8)9-10-11(5)4-6-2-3-6/h6H,2-4,8H2,1H3. The van der Waals surface area contributed by atoms with Gasteiger partial charge in [0.15, 0.2) is 5.82 Å². The molecule has 4 heteroatoms. The Labute approximate surface area is 65.4 Å². The molecule has 0 unspecified atom stereocenters. The quantitative estimate of drug-likeness (QED) is 0.674. The van der Waals surface area contributed by atoms with Gasteiger partial charge in [0.2, 0.25) is 0 Å². The first-order chi connectivity index (χ1) is 5.27. The van der Waals surface area contributed by atoms with Gasteiger partial charge in [0, 0.05) is 6.54 Å². The van der Waals surface area contributed by atoms with Crippen LogP contribution in [0.15, 0.2) is 0 Å². The highest BCUT2D eigenvalue weighted by molar-refractivity contribution is 5.31. The van der Waals surface area contributed by atoms with Crippen molar-refractivity contribution in [3.8, 4) is 0 Å². The van der Waals surface area contributed by atoms with Crippen LogP contribution in [0.1, 0.15) is 18.5 Å². The predicted octanol–water partition coefficient (Wildman–Crippen LogP) is 0.579. The van der Waals surface area contributed by atoms with Gasteiger partial charge < -0.3 is 5.73 Å². The van der Waals surface area contributed by atoms with Crippen LogP contribution in [0.2, 0.25) is 0 Å². The second-order valence-electron chi connectivity index (χ2n) is 3.19. The van der Waals surface area contributed by atoms with E-state index in [0.717, 1.165) is 18.2 Å². The van der Waals surface area contributed by atoms with Crippen molar-refractivity contribution in [2.75, 3.05) is 5.73 Å².